The van der Waals surface area contributed by atoms with E-state index in [2.05, 4.69) is 15.0 Å². The van der Waals surface area contributed by atoms with Crippen LogP contribution in [0.5, 0.6) is 11.5 Å². The second-order valence-corrected chi connectivity index (χ2v) is 6.81. The third-order valence-corrected chi connectivity index (χ3v) is 4.75. The SMILES string of the molecule is CCOCCCn1c(NC(=O)c2ccc(OCC(=O)OC)c(OC)c2)nc2ccccc21. The van der Waals surface area contributed by atoms with Crippen LogP contribution >= 0.6 is 0 Å². The number of carbonyl (C=O) groups excluding carboxylic acids is 2. The average molecular weight is 441 g/mol. The summed E-state index contributed by atoms with van der Waals surface area (Å²) in [5.74, 6) is 0.253. The first-order chi connectivity index (χ1) is 15.6. The van der Waals surface area contributed by atoms with E-state index in [9.17, 15) is 9.59 Å². The number of anilines is 1. The predicted octanol–water partition coefficient (Wildman–Crippen LogP) is 3.28. The highest BCUT2D eigenvalue weighted by Gasteiger charge is 2.17. The number of aryl methyl sites for hydroxylation is 1. The van der Waals surface area contributed by atoms with Gasteiger partial charge in [0, 0.05) is 25.3 Å². The number of benzene rings is 2. The molecule has 0 aliphatic heterocycles. The maximum Gasteiger partial charge on any atom is 0.343 e. The summed E-state index contributed by atoms with van der Waals surface area (Å²) in [7, 11) is 2.74. The summed E-state index contributed by atoms with van der Waals surface area (Å²) < 4.78 is 22.7. The van der Waals surface area contributed by atoms with Crippen LogP contribution in [0.25, 0.3) is 11.0 Å². The van der Waals surface area contributed by atoms with Gasteiger partial charge in [0.05, 0.1) is 25.3 Å². The molecule has 3 aromatic rings. The van der Waals surface area contributed by atoms with Crippen molar-refractivity contribution in [1.82, 2.24) is 9.55 Å². The maximum atomic E-state index is 13.0. The third kappa shape index (κ3) is 5.55. The topological polar surface area (TPSA) is 101 Å². The molecule has 3 rings (SSSR count). The van der Waals surface area contributed by atoms with Gasteiger partial charge in [-0.15, -0.1) is 0 Å². The van der Waals surface area contributed by atoms with Crippen LogP contribution in [0.1, 0.15) is 23.7 Å². The Bertz CT molecular complexity index is 1080. The normalized spacial score (nSPS) is 10.7. The van der Waals surface area contributed by atoms with Crippen molar-refractivity contribution in [1.29, 1.82) is 0 Å². The van der Waals surface area contributed by atoms with Gasteiger partial charge in [0.15, 0.2) is 18.1 Å². The first kappa shape index (κ1) is 23.1. The van der Waals surface area contributed by atoms with Crippen molar-refractivity contribution in [2.45, 2.75) is 19.9 Å². The zero-order chi connectivity index (χ0) is 22.9. The van der Waals surface area contributed by atoms with Gasteiger partial charge in [-0.1, -0.05) is 12.1 Å². The molecular weight excluding hydrogens is 414 g/mol. The van der Waals surface area contributed by atoms with Gasteiger partial charge >= 0.3 is 5.97 Å². The highest BCUT2D eigenvalue weighted by Crippen LogP contribution is 2.29. The molecule has 0 spiro atoms. The van der Waals surface area contributed by atoms with Crippen molar-refractivity contribution in [2.24, 2.45) is 0 Å². The second kappa shape index (κ2) is 11.1. The van der Waals surface area contributed by atoms with Crippen molar-refractivity contribution in [3.8, 4) is 11.5 Å². The smallest absolute Gasteiger partial charge is 0.343 e. The minimum Gasteiger partial charge on any atom is -0.493 e. The van der Waals surface area contributed by atoms with E-state index in [1.54, 1.807) is 18.2 Å². The van der Waals surface area contributed by atoms with Gasteiger partial charge in [0.25, 0.3) is 5.91 Å². The van der Waals surface area contributed by atoms with Crippen molar-refractivity contribution < 1.29 is 28.5 Å². The average Bonchev–Trinajstić information content (AvgIpc) is 3.16. The molecule has 0 saturated carbocycles. The van der Waals surface area contributed by atoms with Gasteiger partial charge in [0.2, 0.25) is 5.95 Å². The standard InChI is InChI=1S/C23H27N3O6/c1-4-31-13-7-12-26-18-9-6-5-8-17(18)24-23(26)25-22(28)16-10-11-19(20(14-16)29-2)32-15-21(27)30-3/h5-6,8-11,14H,4,7,12-13,15H2,1-3H3,(H,24,25,28). The van der Waals surface area contributed by atoms with Crippen LogP contribution in [0.15, 0.2) is 42.5 Å². The van der Waals surface area contributed by atoms with Gasteiger partial charge in [-0.05, 0) is 43.7 Å². The number of esters is 1. The number of fused-ring (bicyclic) bond motifs is 1. The summed E-state index contributed by atoms with van der Waals surface area (Å²) in [4.78, 5) is 28.8. The first-order valence-corrected chi connectivity index (χ1v) is 10.3. The van der Waals surface area contributed by atoms with Crippen LogP contribution in [0.4, 0.5) is 5.95 Å². The van der Waals surface area contributed by atoms with Crippen molar-refractivity contribution in [3.63, 3.8) is 0 Å². The van der Waals surface area contributed by atoms with Gasteiger partial charge in [-0.2, -0.15) is 0 Å². The van der Waals surface area contributed by atoms with Crippen LogP contribution in [-0.4, -0.2) is 55.5 Å². The van der Waals surface area contributed by atoms with E-state index in [4.69, 9.17) is 14.2 Å². The number of methoxy groups -OCH3 is 2. The van der Waals surface area contributed by atoms with Crippen LogP contribution in [-0.2, 0) is 20.8 Å². The molecule has 0 fully saturated rings. The largest absolute Gasteiger partial charge is 0.493 e. The number of nitrogens with one attached hydrogen (secondary N) is 1. The van der Waals surface area contributed by atoms with E-state index in [1.165, 1.54) is 14.2 Å². The highest BCUT2D eigenvalue weighted by atomic mass is 16.6. The van der Waals surface area contributed by atoms with Gasteiger partial charge < -0.3 is 23.5 Å². The van der Waals surface area contributed by atoms with Crippen LogP contribution in [0.2, 0.25) is 0 Å². The fraction of sp³-hybridized carbons (Fsp3) is 0.348. The number of hydrogen-bond donors (Lipinski definition) is 1. The van der Waals surface area contributed by atoms with Crippen molar-refractivity contribution >= 4 is 28.9 Å². The van der Waals surface area contributed by atoms with E-state index in [1.807, 2.05) is 35.8 Å². The fourth-order valence-corrected chi connectivity index (χ4v) is 3.16. The second-order valence-electron chi connectivity index (χ2n) is 6.81. The van der Waals surface area contributed by atoms with Crippen LogP contribution in [0, 0.1) is 0 Å². The Morgan fingerprint density at radius 2 is 1.91 bits per heavy atom. The zero-order valence-corrected chi connectivity index (χ0v) is 18.4. The minimum atomic E-state index is -0.517. The number of rotatable bonds is 11. The molecule has 0 radical (unpaired) electrons. The molecule has 1 amide bonds. The van der Waals surface area contributed by atoms with Crippen LogP contribution in [0.3, 0.4) is 0 Å². The van der Waals surface area contributed by atoms with Crippen molar-refractivity contribution in [3.05, 3.63) is 48.0 Å². The first-order valence-electron chi connectivity index (χ1n) is 10.3. The lowest BCUT2D eigenvalue weighted by Gasteiger charge is -2.13. The molecule has 1 aromatic heterocycles. The summed E-state index contributed by atoms with van der Waals surface area (Å²) in [5, 5.41) is 2.89. The fourth-order valence-electron chi connectivity index (χ4n) is 3.16. The molecule has 32 heavy (non-hydrogen) atoms. The van der Waals surface area contributed by atoms with Crippen LogP contribution < -0.4 is 14.8 Å². The molecule has 170 valence electrons. The van der Waals surface area contributed by atoms with E-state index < -0.39 is 5.97 Å². The van der Waals surface area contributed by atoms with Gasteiger partial charge in [-0.3, -0.25) is 10.1 Å². The highest BCUT2D eigenvalue weighted by molar-refractivity contribution is 6.04. The minimum absolute atomic E-state index is 0.260. The van der Waals surface area contributed by atoms with E-state index in [-0.39, 0.29) is 12.5 Å². The Hall–Kier alpha value is -3.59. The Morgan fingerprint density at radius 1 is 1.09 bits per heavy atom. The monoisotopic (exact) mass is 441 g/mol. The number of para-hydroxylation sites is 2. The Kier molecular flexibility index (Phi) is 8.04. The summed E-state index contributed by atoms with van der Waals surface area (Å²) in [6.07, 6.45) is 0.789. The predicted molar refractivity (Wildman–Crippen MR) is 119 cm³/mol. The maximum absolute atomic E-state index is 13.0. The number of hydrogen-bond acceptors (Lipinski definition) is 7. The molecule has 9 nitrogen and oxygen atoms in total. The zero-order valence-electron chi connectivity index (χ0n) is 18.4. The number of ether oxygens (including phenoxy) is 4. The Morgan fingerprint density at radius 3 is 2.66 bits per heavy atom. The van der Waals surface area contributed by atoms with E-state index in [0.717, 1.165) is 17.5 Å². The molecule has 0 aliphatic carbocycles. The Labute approximate surface area is 186 Å². The van der Waals surface area contributed by atoms with Gasteiger partial charge in [-0.25, -0.2) is 9.78 Å². The number of aromatic nitrogens is 2. The quantitative estimate of drug-likeness (QED) is 0.360. The lowest BCUT2D eigenvalue weighted by molar-refractivity contribution is -0.142. The number of imidazole rings is 1. The molecular formula is C23H27N3O6. The molecule has 0 aliphatic rings. The molecule has 2 aromatic carbocycles. The molecule has 0 atom stereocenters. The number of amides is 1. The number of nitrogens with zero attached hydrogens (tertiary/aromatic N) is 2. The Balaban J connectivity index is 1.79. The summed E-state index contributed by atoms with van der Waals surface area (Å²) in [6, 6.07) is 12.4. The summed E-state index contributed by atoms with van der Waals surface area (Å²) in [5.41, 5.74) is 2.09. The lowest BCUT2D eigenvalue weighted by atomic mass is 10.2. The van der Waals surface area contributed by atoms with Gasteiger partial charge in [0.1, 0.15) is 0 Å². The molecule has 1 heterocycles. The van der Waals surface area contributed by atoms with Crippen molar-refractivity contribution in [2.75, 3.05) is 39.4 Å². The third-order valence-electron chi connectivity index (χ3n) is 4.75. The number of carbonyl (C=O) groups is 2. The van der Waals surface area contributed by atoms with E-state index in [0.29, 0.717) is 42.8 Å². The molecule has 9 heteroatoms. The molecule has 0 unspecified atom stereocenters. The van der Waals surface area contributed by atoms with E-state index >= 15 is 0 Å². The lowest BCUT2D eigenvalue weighted by Crippen LogP contribution is -2.17. The molecule has 0 saturated heterocycles. The molecule has 1 N–H and O–H groups in total. The summed E-state index contributed by atoms with van der Waals surface area (Å²) in [6.45, 7) is 3.64. The summed E-state index contributed by atoms with van der Waals surface area (Å²) >= 11 is 0. The molecule has 0 bridgehead atoms.